The predicted octanol–water partition coefficient (Wildman–Crippen LogP) is 3.56. The molecule has 2 saturated carbocycles. The monoisotopic (exact) mass is 611 g/mol. The minimum atomic E-state index is -3.67. The lowest BCUT2D eigenvalue weighted by molar-refractivity contribution is -0.123. The van der Waals surface area contributed by atoms with E-state index >= 15 is 0 Å². The van der Waals surface area contributed by atoms with Crippen molar-refractivity contribution in [2.45, 2.75) is 49.5 Å². The summed E-state index contributed by atoms with van der Waals surface area (Å²) >= 11 is 0. The molecule has 0 aromatic carbocycles. The lowest BCUT2D eigenvalue weighted by Gasteiger charge is -2.20. The van der Waals surface area contributed by atoms with Crippen molar-refractivity contribution >= 4 is 44.6 Å². The van der Waals surface area contributed by atoms with E-state index in [1.54, 1.807) is 12.3 Å². The van der Waals surface area contributed by atoms with Gasteiger partial charge in [-0.1, -0.05) is 0 Å². The Hall–Kier alpha value is -4.85. The molecule has 4 aromatic heterocycles. The van der Waals surface area contributed by atoms with Crippen molar-refractivity contribution in [2.75, 3.05) is 29.1 Å². The summed E-state index contributed by atoms with van der Waals surface area (Å²) in [7, 11) is -2.19. The van der Waals surface area contributed by atoms with Gasteiger partial charge in [-0.15, -0.1) is 0 Å². The molecular weight excluding hydrogens is 582 g/mol. The molecule has 44 heavy (non-hydrogen) atoms. The first-order valence-corrected chi connectivity index (χ1v) is 16.1. The normalized spacial score (nSPS) is 22.2. The molecule has 4 aromatic rings. The van der Waals surface area contributed by atoms with Crippen LogP contribution in [-0.2, 0) is 21.2 Å². The Morgan fingerprint density at radius 2 is 1.93 bits per heavy atom. The number of imidazole rings is 1. The third-order valence-electron chi connectivity index (χ3n) is 8.65. The maximum Gasteiger partial charge on any atom is 0.331 e. The van der Waals surface area contributed by atoms with Crippen LogP contribution in [0.5, 0.6) is 0 Å². The zero-order valence-corrected chi connectivity index (χ0v) is 24.9. The quantitative estimate of drug-likeness (QED) is 0.297. The minimum Gasteiger partial charge on any atom is -0.364 e. The maximum absolute atomic E-state index is 13.1. The summed E-state index contributed by atoms with van der Waals surface area (Å²) in [6.07, 6.45) is 9.97. The summed E-state index contributed by atoms with van der Waals surface area (Å²) in [4.78, 5) is 45.9. The molecule has 2 aliphatic carbocycles. The van der Waals surface area contributed by atoms with Crippen LogP contribution in [0.25, 0.3) is 5.65 Å². The molecule has 0 bridgehead atoms. The number of anilines is 3. The number of carbonyl (C=O) groups is 2. The number of hydrogen-bond donors (Lipinski definition) is 2. The summed E-state index contributed by atoms with van der Waals surface area (Å²) in [5, 5.41) is 7.87. The molecule has 0 unspecified atom stereocenters. The van der Waals surface area contributed by atoms with E-state index in [4.69, 9.17) is 4.98 Å². The van der Waals surface area contributed by atoms with Gasteiger partial charge in [0, 0.05) is 54.9 Å². The van der Waals surface area contributed by atoms with Gasteiger partial charge in [-0.05, 0) is 49.8 Å². The van der Waals surface area contributed by atoms with Crippen LogP contribution in [0.3, 0.4) is 0 Å². The van der Waals surface area contributed by atoms with Crippen LogP contribution in [0.15, 0.2) is 59.0 Å². The van der Waals surface area contributed by atoms with Crippen molar-refractivity contribution in [3.05, 3.63) is 76.9 Å². The molecule has 0 spiro atoms. The smallest absolute Gasteiger partial charge is 0.331 e. The van der Waals surface area contributed by atoms with Crippen molar-refractivity contribution in [2.24, 2.45) is 5.92 Å². The highest BCUT2D eigenvalue weighted by molar-refractivity contribution is 7.94. The average Bonchev–Trinajstić information content (AvgIpc) is 3.92. The molecule has 3 fully saturated rings. The van der Waals surface area contributed by atoms with Gasteiger partial charge in [-0.2, -0.15) is 0 Å². The fourth-order valence-corrected chi connectivity index (χ4v) is 7.28. The first-order chi connectivity index (χ1) is 21.1. The number of rotatable bonds is 7. The Balaban J connectivity index is 1.03. The standard InChI is InChI=1S/C30H29N9O4S/c1-16-5-6-31-28(34-16)21-8-20(21)23-15-44(42,43)25-11-33-26(9-22(25)36-23)32-10-19-13-38-12-18(17-3-4-17)7-24(29(38)35-19)39-14-27(40)37(2)30(39)41/h5-7,9,11-13,15,17,20-21,36H,3-4,8,10,14H2,1-2H3,(H,32,33)/t20-,21-/m0/s1. The number of amides is 3. The first-order valence-electron chi connectivity index (χ1n) is 14.5. The van der Waals surface area contributed by atoms with E-state index in [1.807, 2.05) is 35.9 Å². The number of fused-ring (bicyclic) bond motifs is 2. The van der Waals surface area contributed by atoms with Gasteiger partial charge < -0.3 is 15.0 Å². The summed E-state index contributed by atoms with van der Waals surface area (Å²) in [5.74, 6) is 1.46. The zero-order valence-electron chi connectivity index (χ0n) is 24.1. The summed E-state index contributed by atoms with van der Waals surface area (Å²) in [6, 6.07) is 5.13. The van der Waals surface area contributed by atoms with Crippen LogP contribution >= 0.6 is 0 Å². The lowest BCUT2D eigenvalue weighted by atomic mass is 10.1. The third-order valence-corrected chi connectivity index (χ3v) is 10.2. The molecule has 0 radical (unpaired) electrons. The van der Waals surface area contributed by atoms with Crippen LogP contribution in [0.2, 0.25) is 0 Å². The Bertz CT molecular complexity index is 2040. The van der Waals surface area contributed by atoms with Gasteiger partial charge in [0.05, 0.1) is 35.2 Å². The topological polar surface area (TPSA) is 155 Å². The maximum atomic E-state index is 13.1. The fourth-order valence-electron chi connectivity index (χ4n) is 5.97. The summed E-state index contributed by atoms with van der Waals surface area (Å²) < 4.78 is 28.1. The highest BCUT2D eigenvalue weighted by Gasteiger charge is 2.45. The van der Waals surface area contributed by atoms with E-state index < -0.39 is 9.84 Å². The van der Waals surface area contributed by atoms with E-state index in [2.05, 4.69) is 25.6 Å². The van der Waals surface area contributed by atoms with Gasteiger partial charge in [0.15, 0.2) is 5.65 Å². The molecule has 6 heterocycles. The van der Waals surface area contributed by atoms with Crippen LogP contribution in [0, 0.1) is 12.8 Å². The molecule has 14 heteroatoms. The van der Waals surface area contributed by atoms with Gasteiger partial charge in [0.1, 0.15) is 23.1 Å². The van der Waals surface area contributed by atoms with Crippen molar-refractivity contribution in [3.8, 4) is 0 Å². The van der Waals surface area contributed by atoms with Crippen LogP contribution in [-0.4, -0.2) is 63.2 Å². The number of urea groups is 1. The van der Waals surface area contributed by atoms with Crippen molar-refractivity contribution in [1.82, 2.24) is 29.2 Å². The van der Waals surface area contributed by atoms with Crippen molar-refractivity contribution in [3.63, 3.8) is 0 Å². The number of nitrogens with one attached hydrogen (secondary N) is 2. The number of carbonyl (C=O) groups excluding carboxylic acids is 2. The number of aromatic nitrogens is 5. The molecule has 3 amide bonds. The van der Waals surface area contributed by atoms with E-state index in [1.165, 1.54) is 23.6 Å². The zero-order chi connectivity index (χ0) is 30.3. The second-order valence-electron chi connectivity index (χ2n) is 11.9. The number of sulfone groups is 1. The van der Waals surface area contributed by atoms with Crippen LogP contribution < -0.4 is 15.5 Å². The molecule has 2 N–H and O–H groups in total. The summed E-state index contributed by atoms with van der Waals surface area (Å²) in [5.41, 5.74) is 4.97. The number of nitrogens with zero attached hydrogens (tertiary/aromatic N) is 7. The molecule has 8 rings (SSSR count). The van der Waals surface area contributed by atoms with E-state index in [0.29, 0.717) is 46.7 Å². The summed E-state index contributed by atoms with van der Waals surface area (Å²) in [6.45, 7) is 2.20. The van der Waals surface area contributed by atoms with Gasteiger partial charge in [-0.3, -0.25) is 14.6 Å². The van der Waals surface area contributed by atoms with Gasteiger partial charge in [-0.25, -0.2) is 33.1 Å². The largest absolute Gasteiger partial charge is 0.364 e. The second kappa shape index (κ2) is 9.58. The Morgan fingerprint density at radius 3 is 2.68 bits per heavy atom. The third kappa shape index (κ3) is 4.56. The number of pyridine rings is 2. The van der Waals surface area contributed by atoms with Gasteiger partial charge in [0.2, 0.25) is 15.7 Å². The minimum absolute atomic E-state index is 0.00503. The Labute approximate surface area is 253 Å². The molecular formula is C30H29N9O4S. The van der Waals surface area contributed by atoms with Crippen molar-refractivity contribution < 1.29 is 18.0 Å². The van der Waals surface area contributed by atoms with Crippen molar-refractivity contribution in [1.29, 1.82) is 0 Å². The van der Waals surface area contributed by atoms with Gasteiger partial charge >= 0.3 is 6.03 Å². The molecule has 1 saturated heterocycles. The highest BCUT2D eigenvalue weighted by Crippen LogP contribution is 2.52. The average molecular weight is 612 g/mol. The Morgan fingerprint density at radius 1 is 1.09 bits per heavy atom. The number of imide groups is 1. The second-order valence-corrected chi connectivity index (χ2v) is 13.7. The highest BCUT2D eigenvalue weighted by atomic mass is 32.2. The number of hydrogen-bond acceptors (Lipinski definition) is 10. The van der Waals surface area contributed by atoms with E-state index in [-0.39, 0.29) is 35.2 Å². The van der Waals surface area contributed by atoms with Crippen LogP contribution in [0.4, 0.5) is 22.0 Å². The molecule has 13 nitrogen and oxygen atoms in total. The molecule has 2 aliphatic heterocycles. The van der Waals surface area contributed by atoms with E-state index in [9.17, 15) is 18.0 Å². The Kier molecular flexibility index (Phi) is 5.82. The number of allylic oxidation sites excluding steroid dienone is 1. The van der Waals surface area contributed by atoms with Crippen LogP contribution in [0.1, 0.15) is 53.9 Å². The SMILES string of the molecule is Cc1ccnc([C@H]2C[C@@H]2C2=CS(=O)(=O)c3cnc(NCc4cn5cc(C6CC6)cc(N6CC(=O)N(C)C6=O)c5n4)cc3N2)n1. The number of aryl methyl sites for hydroxylation is 1. The van der Waals surface area contributed by atoms with E-state index in [0.717, 1.165) is 41.2 Å². The van der Waals surface area contributed by atoms with Gasteiger partial charge in [0.25, 0.3) is 0 Å². The molecule has 2 atom stereocenters. The number of likely N-dealkylation sites (N-methyl/N-ethyl adjacent to an activating group) is 1. The fraction of sp³-hybridized carbons (Fsp3) is 0.333. The predicted molar refractivity (Wildman–Crippen MR) is 161 cm³/mol. The molecule has 224 valence electrons. The first kappa shape index (κ1) is 26.8. The molecule has 4 aliphatic rings. The lowest BCUT2D eigenvalue weighted by Crippen LogP contribution is -2.30.